The Bertz CT molecular complexity index is 657. The van der Waals surface area contributed by atoms with Crippen molar-refractivity contribution in [1.82, 2.24) is 4.98 Å². The predicted molar refractivity (Wildman–Crippen MR) is 89.7 cm³/mol. The van der Waals surface area contributed by atoms with E-state index in [1.54, 1.807) is 26.2 Å². The highest BCUT2D eigenvalue weighted by atomic mass is 16.5. The summed E-state index contributed by atoms with van der Waals surface area (Å²) in [6.07, 6.45) is 0.979. The number of rotatable bonds is 7. The smallest absolute Gasteiger partial charge is 0.225 e. The first-order valence-electron chi connectivity index (χ1n) is 7.38. The molecule has 6 nitrogen and oxygen atoms in total. The van der Waals surface area contributed by atoms with E-state index >= 15 is 0 Å². The minimum absolute atomic E-state index is 0.0972. The van der Waals surface area contributed by atoms with Crippen LogP contribution in [0.1, 0.15) is 18.5 Å². The van der Waals surface area contributed by atoms with Crippen LogP contribution in [0.15, 0.2) is 36.4 Å². The number of aryl methyl sites for hydroxylation is 1. The summed E-state index contributed by atoms with van der Waals surface area (Å²) in [4.78, 5) is 16.1. The Kier molecular flexibility index (Phi) is 5.80. The molecule has 2 rings (SSSR count). The molecule has 3 N–H and O–H groups in total. The SMILES string of the molecule is COc1ccc(OCCCC(=O)Nc2ccc(N)c(C)n2)cc1. The van der Waals surface area contributed by atoms with Crippen molar-refractivity contribution in [2.75, 3.05) is 24.8 Å². The Balaban J connectivity index is 1.70. The molecule has 0 radical (unpaired) electrons. The summed E-state index contributed by atoms with van der Waals surface area (Å²) in [7, 11) is 1.62. The molecule has 0 aliphatic heterocycles. The van der Waals surface area contributed by atoms with Crippen molar-refractivity contribution in [1.29, 1.82) is 0 Å². The van der Waals surface area contributed by atoms with Gasteiger partial charge >= 0.3 is 0 Å². The van der Waals surface area contributed by atoms with E-state index in [0.717, 1.165) is 11.5 Å². The Hall–Kier alpha value is -2.76. The number of amides is 1. The molecule has 0 spiro atoms. The zero-order chi connectivity index (χ0) is 16.7. The maximum absolute atomic E-state index is 11.8. The molecule has 1 aromatic carbocycles. The highest BCUT2D eigenvalue weighted by Crippen LogP contribution is 2.17. The molecule has 0 saturated heterocycles. The van der Waals surface area contributed by atoms with E-state index in [9.17, 15) is 4.79 Å². The van der Waals surface area contributed by atoms with Gasteiger partial charge in [-0.25, -0.2) is 4.98 Å². The third-order valence-corrected chi connectivity index (χ3v) is 3.27. The van der Waals surface area contributed by atoms with Gasteiger partial charge in [0.25, 0.3) is 0 Å². The summed E-state index contributed by atoms with van der Waals surface area (Å²) in [5, 5.41) is 2.75. The predicted octanol–water partition coefficient (Wildman–Crippen LogP) is 2.78. The number of aromatic nitrogens is 1. The number of pyridine rings is 1. The summed E-state index contributed by atoms with van der Waals surface area (Å²) >= 11 is 0. The van der Waals surface area contributed by atoms with E-state index < -0.39 is 0 Å². The lowest BCUT2D eigenvalue weighted by Crippen LogP contribution is -2.14. The highest BCUT2D eigenvalue weighted by molar-refractivity contribution is 5.89. The fourth-order valence-electron chi connectivity index (χ4n) is 1.94. The second kappa shape index (κ2) is 8.03. The fraction of sp³-hybridized carbons (Fsp3) is 0.294. The zero-order valence-corrected chi connectivity index (χ0v) is 13.3. The van der Waals surface area contributed by atoms with Crippen LogP contribution in [0.3, 0.4) is 0 Å². The zero-order valence-electron chi connectivity index (χ0n) is 13.3. The molecule has 0 fully saturated rings. The van der Waals surface area contributed by atoms with Crippen molar-refractivity contribution in [3.63, 3.8) is 0 Å². The molecular weight excluding hydrogens is 294 g/mol. The average Bonchev–Trinajstić information content (AvgIpc) is 2.55. The van der Waals surface area contributed by atoms with E-state index in [2.05, 4.69) is 10.3 Å². The van der Waals surface area contributed by atoms with Crippen molar-refractivity contribution in [2.24, 2.45) is 0 Å². The number of hydrogen-bond acceptors (Lipinski definition) is 5. The van der Waals surface area contributed by atoms with Crippen LogP contribution in [0.5, 0.6) is 11.5 Å². The molecule has 23 heavy (non-hydrogen) atoms. The summed E-state index contributed by atoms with van der Waals surface area (Å²) in [5.74, 6) is 1.95. The second-order valence-electron chi connectivity index (χ2n) is 5.05. The molecule has 0 bridgehead atoms. The number of carbonyl (C=O) groups excluding carboxylic acids is 1. The first kappa shape index (κ1) is 16.6. The van der Waals surface area contributed by atoms with Gasteiger partial charge in [-0.1, -0.05) is 0 Å². The average molecular weight is 315 g/mol. The van der Waals surface area contributed by atoms with E-state index in [1.165, 1.54) is 0 Å². The lowest BCUT2D eigenvalue weighted by Gasteiger charge is -2.08. The maximum Gasteiger partial charge on any atom is 0.225 e. The highest BCUT2D eigenvalue weighted by Gasteiger charge is 2.05. The van der Waals surface area contributed by atoms with Crippen molar-refractivity contribution >= 4 is 17.4 Å². The van der Waals surface area contributed by atoms with Crippen LogP contribution >= 0.6 is 0 Å². The van der Waals surface area contributed by atoms with Crippen LogP contribution < -0.4 is 20.5 Å². The number of nitrogens with two attached hydrogens (primary N) is 1. The van der Waals surface area contributed by atoms with Gasteiger partial charge in [-0.15, -0.1) is 0 Å². The largest absolute Gasteiger partial charge is 0.497 e. The standard InChI is InChI=1S/C17H21N3O3/c1-12-15(18)9-10-16(19-12)20-17(21)4-3-11-23-14-7-5-13(22-2)6-8-14/h5-10H,3-4,11,18H2,1-2H3,(H,19,20,21). The summed E-state index contributed by atoms with van der Waals surface area (Å²) < 4.78 is 10.6. The minimum atomic E-state index is -0.0972. The Labute approximate surface area is 135 Å². The molecule has 2 aromatic rings. The molecule has 1 aromatic heterocycles. The van der Waals surface area contributed by atoms with Crippen LogP contribution in [-0.4, -0.2) is 24.6 Å². The van der Waals surface area contributed by atoms with Crippen molar-refractivity contribution in [2.45, 2.75) is 19.8 Å². The monoisotopic (exact) mass is 315 g/mol. The Morgan fingerprint density at radius 1 is 1.17 bits per heavy atom. The number of methoxy groups -OCH3 is 1. The number of anilines is 2. The van der Waals surface area contributed by atoms with Gasteiger partial charge in [0.1, 0.15) is 17.3 Å². The van der Waals surface area contributed by atoms with Gasteiger partial charge in [0.2, 0.25) is 5.91 Å². The number of benzene rings is 1. The third kappa shape index (κ3) is 5.18. The fourth-order valence-corrected chi connectivity index (χ4v) is 1.94. The van der Waals surface area contributed by atoms with E-state index in [0.29, 0.717) is 36.6 Å². The minimum Gasteiger partial charge on any atom is -0.497 e. The number of nitrogens with zero attached hydrogens (tertiary/aromatic N) is 1. The summed E-state index contributed by atoms with van der Waals surface area (Å²) in [6, 6.07) is 10.7. The van der Waals surface area contributed by atoms with Gasteiger partial charge in [0.05, 0.1) is 25.1 Å². The number of nitrogen functional groups attached to an aromatic ring is 1. The van der Waals surface area contributed by atoms with E-state index in [4.69, 9.17) is 15.2 Å². The summed E-state index contributed by atoms with van der Waals surface area (Å²) in [6.45, 7) is 2.27. The van der Waals surface area contributed by atoms with Crippen molar-refractivity contribution in [3.8, 4) is 11.5 Å². The van der Waals surface area contributed by atoms with Gasteiger partial charge in [0, 0.05) is 6.42 Å². The molecule has 122 valence electrons. The van der Waals surface area contributed by atoms with Gasteiger partial charge in [0.15, 0.2) is 0 Å². The van der Waals surface area contributed by atoms with Crippen LogP contribution in [-0.2, 0) is 4.79 Å². The lowest BCUT2D eigenvalue weighted by molar-refractivity contribution is -0.116. The second-order valence-corrected chi connectivity index (χ2v) is 5.05. The molecule has 0 aliphatic rings. The van der Waals surface area contributed by atoms with Gasteiger partial charge in [-0.2, -0.15) is 0 Å². The van der Waals surface area contributed by atoms with E-state index in [-0.39, 0.29) is 5.91 Å². The van der Waals surface area contributed by atoms with Crippen LogP contribution in [0, 0.1) is 6.92 Å². The van der Waals surface area contributed by atoms with Gasteiger partial charge in [-0.05, 0) is 49.7 Å². The summed E-state index contributed by atoms with van der Waals surface area (Å²) in [5.41, 5.74) is 7.00. The quantitative estimate of drug-likeness (QED) is 0.767. The lowest BCUT2D eigenvalue weighted by atomic mass is 10.3. The molecule has 0 unspecified atom stereocenters. The third-order valence-electron chi connectivity index (χ3n) is 3.27. The number of ether oxygens (including phenoxy) is 2. The Morgan fingerprint density at radius 3 is 2.52 bits per heavy atom. The topological polar surface area (TPSA) is 86.5 Å². The number of carbonyl (C=O) groups is 1. The number of hydrogen-bond donors (Lipinski definition) is 2. The van der Waals surface area contributed by atoms with Crippen LogP contribution in [0.4, 0.5) is 11.5 Å². The Morgan fingerprint density at radius 2 is 1.87 bits per heavy atom. The van der Waals surface area contributed by atoms with Gasteiger partial charge < -0.3 is 20.5 Å². The molecular formula is C17H21N3O3. The van der Waals surface area contributed by atoms with Crippen molar-refractivity contribution < 1.29 is 14.3 Å². The normalized spacial score (nSPS) is 10.2. The van der Waals surface area contributed by atoms with Gasteiger partial charge in [-0.3, -0.25) is 4.79 Å². The van der Waals surface area contributed by atoms with E-state index in [1.807, 2.05) is 24.3 Å². The first-order valence-corrected chi connectivity index (χ1v) is 7.38. The molecule has 6 heteroatoms. The van der Waals surface area contributed by atoms with Crippen molar-refractivity contribution in [3.05, 3.63) is 42.1 Å². The van der Waals surface area contributed by atoms with Crippen LogP contribution in [0.2, 0.25) is 0 Å². The molecule has 0 saturated carbocycles. The molecule has 0 aliphatic carbocycles. The number of nitrogens with one attached hydrogen (secondary N) is 1. The molecule has 0 atom stereocenters. The maximum atomic E-state index is 11.8. The molecule has 1 heterocycles. The molecule has 1 amide bonds. The first-order chi connectivity index (χ1) is 11.1. The van der Waals surface area contributed by atoms with Crippen LogP contribution in [0.25, 0.3) is 0 Å².